The third-order valence-electron chi connectivity index (χ3n) is 2.98. The fourth-order valence-electron chi connectivity index (χ4n) is 1.89. The molecular formula is C13H14BrNO3S2. The molecule has 1 amide bonds. The number of carbonyl (C=O) groups excluding carboxylic acids is 1. The Morgan fingerprint density at radius 3 is 2.95 bits per heavy atom. The van der Waals surface area contributed by atoms with Gasteiger partial charge in [-0.15, -0.1) is 23.5 Å². The molecule has 1 N–H and O–H groups in total. The maximum Gasteiger partial charge on any atom is 0.327 e. The quantitative estimate of drug-likeness (QED) is 0.819. The van der Waals surface area contributed by atoms with Gasteiger partial charge in [-0.05, 0) is 30.7 Å². The number of carbonyl (C=O) groups is 2. The van der Waals surface area contributed by atoms with Crippen molar-refractivity contribution in [2.24, 2.45) is 0 Å². The van der Waals surface area contributed by atoms with Gasteiger partial charge < -0.3 is 10.0 Å². The van der Waals surface area contributed by atoms with Gasteiger partial charge in [0.15, 0.2) is 0 Å². The van der Waals surface area contributed by atoms with Gasteiger partial charge in [0.1, 0.15) is 6.04 Å². The molecule has 1 saturated heterocycles. The van der Waals surface area contributed by atoms with Crippen molar-refractivity contribution >= 4 is 51.3 Å². The molecule has 20 heavy (non-hydrogen) atoms. The number of halogens is 1. The van der Waals surface area contributed by atoms with E-state index in [0.29, 0.717) is 11.6 Å². The molecule has 1 aliphatic rings. The minimum Gasteiger partial charge on any atom is -0.480 e. The Bertz CT molecular complexity index is 538. The highest BCUT2D eigenvalue weighted by Gasteiger charge is 2.34. The van der Waals surface area contributed by atoms with Crippen molar-refractivity contribution in [1.29, 1.82) is 0 Å². The zero-order valence-electron chi connectivity index (χ0n) is 10.8. The third-order valence-corrected chi connectivity index (χ3v) is 5.64. The van der Waals surface area contributed by atoms with Crippen LogP contribution >= 0.6 is 39.5 Å². The highest BCUT2D eigenvalue weighted by Crippen LogP contribution is 2.27. The summed E-state index contributed by atoms with van der Waals surface area (Å²) in [6.07, 6.45) is 0. The molecule has 108 valence electrons. The highest BCUT2D eigenvalue weighted by molar-refractivity contribution is 9.10. The van der Waals surface area contributed by atoms with Gasteiger partial charge in [-0.3, -0.25) is 4.79 Å². The Morgan fingerprint density at radius 1 is 1.55 bits per heavy atom. The number of hydrogen-bond donors (Lipinski definition) is 1. The largest absolute Gasteiger partial charge is 0.480 e. The molecular weight excluding hydrogens is 362 g/mol. The van der Waals surface area contributed by atoms with Gasteiger partial charge in [0.05, 0.1) is 11.6 Å². The molecule has 1 atom stereocenters. The maximum atomic E-state index is 12.1. The predicted octanol–water partition coefficient (Wildman–Crippen LogP) is 2.84. The topological polar surface area (TPSA) is 57.6 Å². The molecule has 1 aromatic carbocycles. The first-order valence-electron chi connectivity index (χ1n) is 5.98. The molecule has 0 radical (unpaired) electrons. The summed E-state index contributed by atoms with van der Waals surface area (Å²) in [6, 6.07) is 5.22. The third kappa shape index (κ3) is 3.71. The second-order valence-corrected chi connectivity index (χ2v) is 7.35. The molecule has 0 aliphatic carbocycles. The molecule has 1 aliphatic heterocycles. The first-order valence-corrected chi connectivity index (χ1v) is 8.91. The van der Waals surface area contributed by atoms with E-state index in [1.807, 2.05) is 25.1 Å². The van der Waals surface area contributed by atoms with E-state index in [2.05, 4.69) is 15.9 Å². The monoisotopic (exact) mass is 375 g/mol. The van der Waals surface area contributed by atoms with Crippen LogP contribution < -0.4 is 0 Å². The summed E-state index contributed by atoms with van der Waals surface area (Å²) in [5.41, 5.74) is 1.10. The van der Waals surface area contributed by atoms with Gasteiger partial charge in [-0.2, -0.15) is 0 Å². The Labute approximate surface area is 134 Å². The number of amides is 1. The molecule has 7 heteroatoms. The van der Waals surface area contributed by atoms with Crippen molar-refractivity contribution in [3.63, 3.8) is 0 Å². The van der Waals surface area contributed by atoms with Gasteiger partial charge in [-0.1, -0.05) is 15.9 Å². The summed E-state index contributed by atoms with van der Waals surface area (Å²) in [5.74, 6) is 0.175. The van der Waals surface area contributed by atoms with Gasteiger partial charge in [0.25, 0.3) is 0 Å². The summed E-state index contributed by atoms with van der Waals surface area (Å²) < 4.78 is 1.01. The molecule has 0 bridgehead atoms. The number of carboxylic acids is 1. The van der Waals surface area contributed by atoms with Crippen molar-refractivity contribution in [3.8, 4) is 0 Å². The number of nitrogens with zero attached hydrogens (tertiary/aromatic N) is 1. The van der Waals surface area contributed by atoms with Crippen LogP contribution in [-0.2, 0) is 9.59 Å². The fraction of sp³-hybridized carbons (Fsp3) is 0.385. The van der Waals surface area contributed by atoms with E-state index >= 15 is 0 Å². The van der Waals surface area contributed by atoms with E-state index in [1.165, 1.54) is 28.4 Å². The summed E-state index contributed by atoms with van der Waals surface area (Å²) in [4.78, 5) is 25.7. The van der Waals surface area contributed by atoms with Crippen LogP contribution in [0.15, 0.2) is 27.6 Å². The Balaban J connectivity index is 1.96. The molecule has 1 unspecified atom stereocenters. The summed E-state index contributed by atoms with van der Waals surface area (Å²) in [7, 11) is 0. The minimum absolute atomic E-state index is 0.116. The van der Waals surface area contributed by atoms with E-state index in [1.54, 1.807) is 0 Å². The lowest BCUT2D eigenvalue weighted by atomic mass is 10.2. The standard InChI is InChI=1S/C13H14BrNO3S2/c1-8-4-9(14)2-3-11(8)20-6-12(16)15-7-19-5-10(15)13(17)18/h2-4,10H,5-7H2,1H3,(H,17,18). The lowest BCUT2D eigenvalue weighted by molar-refractivity contribution is -0.146. The predicted molar refractivity (Wildman–Crippen MR) is 85.2 cm³/mol. The average Bonchev–Trinajstić information content (AvgIpc) is 2.86. The van der Waals surface area contributed by atoms with E-state index in [4.69, 9.17) is 5.11 Å². The minimum atomic E-state index is -0.923. The summed E-state index contributed by atoms with van der Waals surface area (Å²) in [6.45, 7) is 1.99. The number of hydrogen-bond acceptors (Lipinski definition) is 4. The molecule has 0 spiro atoms. The second-order valence-electron chi connectivity index (χ2n) is 4.42. The lowest BCUT2D eigenvalue weighted by Gasteiger charge is -2.20. The number of carboxylic acid groups (broad SMARTS) is 1. The van der Waals surface area contributed by atoms with E-state index in [-0.39, 0.29) is 11.7 Å². The first-order chi connectivity index (χ1) is 9.49. The summed E-state index contributed by atoms with van der Waals surface area (Å²) >= 11 is 6.33. The van der Waals surface area contributed by atoms with Crippen molar-refractivity contribution in [3.05, 3.63) is 28.2 Å². The molecule has 1 heterocycles. The van der Waals surface area contributed by atoms with Crippen LogP contribution in [-0.4, -0.2) is 45.3 Å². The Hall–Kier alpha value is -0.660. The average molecular weight is 376 g/mol. The van der Waals surface area contributed by atoms with Crippen molar-refractivity contribution < 1.29 is 14.7 Å². The van der Waals surface area contributed by atoms with E-state index in [0.717, 1.165) is 14.9 Å². The lowest BCUT2D eigenvalue weighted by Crippen LogP contribution is -2.42. The summed E-state index contributed by atoms with van der Waals surface area (Å²) in [5, 5.41) is 9.07. The van der Waals surface area contributed by atoms with Crippen LogP contribution in [0, 0.1) is 6.92 Å². The molecule has 1 fully saturated rings. The zero-order valence-corrected chi connectivity index (χ0v) is 14.1. The molecule has 0 saturated carbocycles. The van der Waals surface area contributed by atoms with Crippen LogP contribution in [0.5, 0.6) is 0 Å². The van der Waals surface area contributed by atoms with E-state index < -0.39 is 12.0 Å². The SMILES string of the molecule is Cc1cc(Br)ccc1SCC(=O)N1CSCC1C(=O)O. The first kappa shape index (κ1) is 15.7. The number of benzene rings is 1. The maximum absolute atomic E-state index is 12.1. The van der Waals surface area contributed by atoms with Crippen molar-refractivity contribution in [2.45, 2.75) is 17.9 Å². The molecule has 0 aromatic heterocycles. The second kappa shape index (κ2) is 6.87. The van der Waals surface area contributed by atoms with Crippen LogP contribution in [0.3, 0.4) is 0 Å². The fourth-order valence-corrected chi connectivity index (χ4v) is 4.43. The number of thioether (sulfide) groups is 2. The van der Waals surface area contributed by atoms with Gasteiger partial charge >= 0.3 is 5.97 Å². The smallest absolute Gasteiger partial charge is 0.327 e. The molecule has 4 nitrogen and oxygen atoms in total. The van der Waals surface area contributed by atoms with Crippen LogP contribution in [0.1, 0.15) is 5.56 Å². The Kier molecular flexibility index (Phi) is 5.40. The van der Waals surface area contributed by atoms with Gasteiger partial charge in [0.2, 0.25) is 5.91 Å². The number of aryl methyl sites for hydroxylation is 1. The van der Waals surface area contributed by atoms with Gasteiger partial charge in [-0.25, -0.2) is 4.79 Å². The van der Waals surface area contributed by atoms with Crippen LogP contribution in [0.4, 0.5) is 0 Å². The molecule has 1 aromatic rings. The van der Waals surface area contributed by atoms with Crippen LogP contribution in [0.2, 0.25) is 0 Å². The number of aliphatic carboxylic acids is 1. The van der Waals surface area contributed by atoms with Gasteiger partial charge in [0, 0.05) is 15.1 Å². The normalized spacial score (nSPS) is 18.3. The molecule has 2 rings (SSSR count). The van der Waals surface area contributed by atoms with Crippen molar-refractivity contribution in [1.82, 2.24) is 4.90 Å². The zero-order chi connectivity index (χ0) is 14.7. The Morgan fingerprint density at radius 2 is 2.30 bits per heavy atom. The van der Waals surface area contributed by atoms with Crippen LogP contribution in [0.25, 0.3) is 0 Å². The van der Waals surface area contributed by atoms with E-state index in [9.17, 15) is 9.59 Å². The highest BCUT2D eigenvalue weighted by atomic mass is 79.9. The van der Waals surface area contributed by atoms with Crippen molar-refractivity contribution in [2.75, 3.05) is 17.4 Å². The number of rotatable bonds is 4.